The van der Waals surface area contributed by atoms with Crippen LogP contribution in [0.4, 0.5) is 4.39 Å². The summed E-state index contributed by atoms with van der Waals surface area (Å²) in [7, 11) is 0. The van der Waals surface area contributed by atoms with Crippen LogP contribution in [0.3, 0.4) is 0 Å². The Labute approximate surface area is 106 Å². The number of halogens is 1. The van der Waals surface area contributed by atoms with Crippen LogP contribution in [0.1, 0.15) is 18.9 Å². The smallest absolute Gasteiger partial charge is 0.123 e. The molecular formula is C14H16FN3. The first kappa shape index (κ1) is 11.4. The Balaban J connectivity index is 1.84. The van der Waals surface area contributed by atoms with Gasteiger partial charge in [0.25, 0.3) is 0 Å². The molecule has 0 atom stereocenters. The van der Waals surface area contributed by atoms with E-state index >= 15 is 0 Å². The average molecular weight is 245 g/mol. The van der Waals surface area contributed by atoms with E-state index in [1.54, 1.807) is 12.1 Å². The molecule has 1 aromatic heterocycles. The summed E-state index contributed by atoms with van der Waals surface area (Å²) in [6.07, 6.45) is 6.04. The molecule has 0 saturated carbocycles. The molecule has 18 heavy (non-hydrogen) atoms. The van der Waals surface area contributed by atoms with E-state index in [1.165, 1.54) is 6.07 Å². The number of nitrogens with zero attached hydrogens (tertiary/aromatic N) is 2. The monoisotopic (exact) mass is 245 g/mol. The zero-order chi connectivity index (χ0) is 12.4. The number of hydrogen-bond acceptors (Lipinski definition) is 2. The molecule has 1 aliphatic heterocycles. The molecule has 2 heterocycles. The predicted molar refractivity (Wildman–Crippen MR) is 68.8 cm³/mol. The summed E-state index contributed by atoms with van der Waals surface area (Å²) in [4.78, 5) is 0. The highest BCUT2D eigenvalue weighted by molar-refractivity contribution is 5.61. The fourth-order valence-corrected chi connectivity index (χ4v) is 2.43. The van der Waals surface area contributed by atoms with Crippen LogP contribution in [0.15, 0.2) is 36.7 Å². The molecule has 3 nitrogen and oxygen atoms in total. The Morgan fingerprint density at radius 3 is 2.83 bits per heavy atom. The Bertz CT molecular complexity index is 529. The van der Waals surface area contributed by atoms with Crippen LogP contribution < -0.4 is 5.32 Å². The van der Waals surface area contributed by atoms with E-state index in [1.807, 2.05) is 23.1 Å². The summed E-state index contributed by atoms with van der Waals surface area (Å²) in [6.45, 7) is 2.08. The number of piperidine rings is 1. The molecule has 94 valence electrons. The minimum Gasteiger partial charge on any atom is -0.317 e. The van der Waals surface area contributed by atoms with Gasteiger partial charge < -0.3 is 5.32 Å². The molecule has 1 saturated heterocycles. The van der Waals surface area contributed by atoms with Crippen molar-refractivity contribution in [1.82, 2.24) is 15.1 Å². The number of hydrogen-bond donors (Lipinski definition) is 1. The highest BCUT2D eigenvalue weighted by Gasteiger charge is 2.15. The molecule has 2 aromatic rings. The van der Waals surface area contributed by atoms with E-state index < -0.39 is 0 Å². The van der Waals surface area contributed by atoms with Crippen LogP contribution in [0.5, 0.6) is 0 Å². The number of rotatable bonds is 2. The van der Waals surface area contributed by atoms with Crippen molar-refractivity contribution in [3.8, 4) is 11.1 Å². The summed E-state index contributed by atoms with van der Waals surface area (Å²) in [5, 5.41) is 7.75. The fraction of sp³-hybridized carbons (Fsp3) is 0.357. The Morgan fingerprint density at radius 1 is 1.22 bits per heavy atom. The first-order valence-corrected chi connectivity index (χ1v) is 6.34. The lowest BCUT2D eigenvalue weighted by Gasteiger charge is -2.22. The summed E-state index contributed by atoms with van der Waals surface area (Å²) in [5.41, 5.74) is 1.86. The van der Waals surface area contributed by atoms with E-state index in [4.69, 9.17) is 0 Å². The molecule has 0 radical (unpaired) electrons. The second kappa shape index (κ2) is 4.90. The van der Waals surface area contributed by atoms with Gasteiger partial charge in [-0.25, -0.2) is 4.39 Å². The van der Waals surface area contributed by atoms with Gasteiger partial charge in [-0.05, 0) is 43.6 Å². The van der Waals surface area contributed by atoms with Crippen LogP contribution in [0.2, 0.25) is 0 Å². The van der Waals surface area contributed by atoms with Gasteiger partial charge in [0, 0.05) is 11.8 Å². The number of nitrogens with one attached hydrogen (secondary N) is 1. The quantitative estimate of drug-likeness (QED) is 0.881. The van der Waals surface area contributed by atoms with Crippen molar-refractivity contribution in [3.63, 3.8) is 0 Å². The maximum atomic E-state index is 13.2. The first-order valence-electron chi connectivity index (χ1n) is 6.34. The zero-order valence-electron chi connectivity index (χ0n) is 10.1. The maximum Gasteiger partial charge on any atom is 0.123 e. The summed E-state index contributed by atoms with van der Waals surface area (Å²) in [6, 6.07) is 7.11. The van der Waals surface area contributed by atoms with Gasteiger partial charge in [-0.3, -0.25) is 4.68 Å². The molecule has 0 bridgehead atoms. The number of benzene rings is 1. The minimum atomic E-state index is -0.206. The van der Waals surface area contributed by atoms with Gasteiger partial charge in [0.15, 0.2) is 0 Å². The van der Waals surface area contributed by atoms with Gasteiger partial charge in [0.1, 0.15) is 5.82 Å². The summed E-state index contributed by atoms with van der Waals surface area (Å²) < 4.78 is 15.2. The third kappa shape index (κ3) is 2.29. The van der Waals surface area contributed by atoms with Crippen molar-refractivity contribution in [2.24, 2.45) is 0 Å². The highest BCUT2D eigenvalue weighted by atomic mass is 19.1. The van der Waals surface area contributed by atoms with E-state index in [9.17, 15) is 4.39 Å². The van der Waals surface area contributed by atoms with Crippen molar-refractivity contribution in [1.29, 1.82) is 0 Å². The van der Waals surface area contributed by atoms with Gasteiger partial charge >= 0.3 is 0 Å². The second-order valence-corrected chi connectivity index (χ2v) is 4.70. The molecule has 0 aliphatic carbocycles. The lowest BCUT2D eigenvalue weighted by atomic mass is 10.1. The third-order valence-electron chi connectivity index (χ3n) is 3.44. The normalized spacial score (nSPS) is 16.9. The SMILES string of the molecule is Fc1cccc(-c2cnn(C3CCNCC3)c2)c1. The molecule has 0 unspecified atom stereocenters. The molecule has 4 heteroatoms. The Hall–Kier alpha value is -1.68. The molecule has 3 rings (SSSR count). The van der Waals surface area contributed by atoms with Gasteiger partial charge in [-0.2, -0.15) is 5.10 Å². The zero-order valence-corrected chi connectivity index (χ0v) is 10.1. The molecule has 0 amide bonds. The number of aromatic nitrogens is 2. The van der Waals surface area contributed by atoms with E-state index in [-0.39, 0.29) is 5.82 Å². The van der Waals surface area contributed by atoms with E-state index in [0.29, 0.717) is 6.04 Å². The Morgan fingerprint density at radius 2 is 2.06 bits per heavy atom. The van der Waals surface area contributed by atoms with Gasteiger partial charge in [0.2, 0.25) is 0 Å². The van der Waals surface area contributed by atoms with Gasteiger partial charge in [-0.1, -0.05) is 12.1 Å². The van der Waals surface area contributed by atoms with Crippen molar-refractivity contribution in [2.45, 2.75) is 18.9 Å². The predicted octanol–water partition coefficient (Wildman–Crippen LogP) is 2.61. The summed E-state index contributed by atoms with van der Waals surface area (Å²) >= 11 is 0. The van der Waals surface area contributed by atoms with Crippen LogP contribution in [-0.2, 0) is 0 Å². The van der Waals surface area contributed by atoms with Crippen molar-refractivity contribution in [3.05, 3.63) is 42.5 Å². The van der Waals surface area contributed by atoms with Crippen molar-refractivity contribution >= 4 is 0 Å². The van der Waals surface area contributed by atoms with E-state index in [0.717, 1.165) is 37.1 Å². The second-order valence-electron chi connectivity index (χ2n) is 4.70. The van der Waals surface area contributed by atoms with Crippen molar-refractivity contribution < 1.29 is 4.39 Å². The van der Waals surface area contributed by atoms with Crippen LogP contribution >= 0.6 is 0 Å². The van der Waals surface area contributed by atoms with Crippen LogP contribution in [0, 0.1) is 5.82 Å². The van der Waals surface area contributed by atoms with Crippen LogP contribution in [0.25, 0.3) is 11.1 Å². The lowest BCUT2D eigenvalue weighted by molar-refractivity contribution is 0.343. The molecule has 1 aliphatic rings. The third-order valence-corrected chi connectivity index (χ3v) is 3.44. The lowest BCUT2D eigenvalue weighted by Crippen LogP contribution is -2.29. The minimum absolute atomic E-state index is 0.206. The van der Waals surface area contributed by atoms with Gasteiger partial charge in [-0.15, -0.1) is 0 Å². The topological polar surface area (TPSA) is 29.9 Å². The molecule has 0 spiro atoms. The largest absolute Gasteiger partial charge is 0.317 e. The molecule has 1 aromatic carbocycles. The highest BCUT2D eigenvalue weighted by Crippen LogP contribution is 2.23. The van der Waals surface area contributed by atoms with Crippen molar-refractivity contribution in [2.75, 3.05) is 13.1 Å². The Kier molecular flexibility index (Phi) is 3.11. The molecule has 1 N–H and O–H groups in total. The average Bonchev–Trinajstić information content (AvgIpc) is 2.89. The van der Waals surface area contributed by atoms with Gasteiger partial charge in [0.05, 0.1) is 12.2 Å². The maximum absolute atomic E-state index is 13.2. The molecule has 1 fully saturated rings. The molecular weight excluding hydrogens is 229 g/mol. The standard InChI is InChI=1S/C14H16FN3/c15-13-3-1-2-11(8-13)12-9-17-18(10-12)14-4-6-16-7-5-14/h1-3,8-10,14,16H,4-7H2. The summed E-state index contributed by atoms with van der Waals surface area (Å²) in [5.74, 6) is -0.206. The fourth-order valence-electron chi connectivity index (χ4n) is 2.43. The first-order chi connectivity index (χ1) is 8.83. The van der Waals surface area contributed by atoms with Crippen LogP contribution in [-0.4, -0.2) is 22.9 Å². The van der Waals surface area contributed by atoms with E-state index in [2.05, 4.69) is 10.4 Å².